The molecule has 0 aromatic heterocycles. The summed E-state index contributed by atoms with van der Waals surface area (Å²) in [4.78, 5) is 0. The van der Waals surface area contributed by atoms with Crippen LogP contribution in [0.2, 0.25) is 0 Å². The normalized spacial score (nSPS) is 31.3. The molecule has 2 aliphatic carbocycles. The number of nitrogens with zero attached hydrogens (tertiary/aromatic N) is 2. The third-order valence-electron chi connectivity index (χ3n) is 4.70. The molecule has 1 aromatic rings. The molecule has 2 saturated carbocycles. The Morgan fingerprint density at radius 2 is 1.78 bits per heavy atom. The van der Waals surface area contributed by atoms with Gasteiger partial charge in [-0.15, -0.1) is 0 Å². The van der Waals surface area contributed by atoms with Crippen molar-refractivity contribution in [3.05, 3.63) is 35.9 Å². The van der Waals surface area contributed by atoms with Crippen LogP contribution in [0.4, 0.5) is 0 Å². The molecule has 0 heterocycles. The highest BCUT2D eigenvalue weighted by molar-refractivity contribution is 5.22. The summed E-state index contributed by atoms with van der Waals surface area (Å²) in [5.41, 5.74) is 1.26. The van der Waals surface area contributed by atoms with E-state index >= 15 is 0 Å². The minimum atomic E-state index is -0.198. The van der Waals surface area contributed by atoms with Crippen LogP contribution in [0.25, 0.3) is 0 Å². The lowest BCUT2D eigenvalue weighted by Gasteiger charge is -2.24. The molecule has 0 aliphatic heterocycles. The molecule has 0 unspecified atom stereocenters. The molecule has 2 fully saturated rings. The molecule has 0 amide bonds. The number of azo groups is 1. The van der Waals surface area contributed by atoms with E-state index in [1.54, 1.807) is 0 Å². The molecule has 2 bridgehead atoms. The second kappa shape index (κ2) is 4.18. The zero-order chi connectivity index (χ0) is 12.6. The summed E-state index contributed by atoms with van der Waals surface area (Å²) >= 11 is 0. The lowest BCUT2D eigenvalue weighted by molar-refractivity contribution is 0.374. The van der Waals surface area contributed by atoms with Crippen LogP contribution in [-0.4, -0.2) is 5.54 Å². The van der Waals surface area contributed by atoms with Crippen molar-refractivity contribution in [1.29, 1.82) is 0 Å². The Balaban J connectivity index is 1.79. The van der Waals surface area contributed by atoms with Crippen molar-refractivity contribution in [3.8, 4) is 0 Å². The van der Waals surface area contributed by atoms with E-state index < -0.39 is 0 Å². The van der Waals surface area contributed by atoms with Gasteiger partial charge in [-0.2, -0.15) is 10.2 Å². The zero-order valence-electron chi connectivity index (χ0n) is 11.4. The number of hydrogen-bond donors (Lipinski definition) is 0. The third-order valence-corrected chi connectivity index (χ3v) is 4.70. The minimum absolute atomic E-state index is 0.198. The topological polar surface area (TPSA) is 24.7 Å². The summed E-state index contributed by atoms with van der Waals surface area (Å²) < 4.78 is 0. The monoisotopic (exact) mass is 242 g/mol. The highest BCUT2D eigenvalue weighted by Gasteiger charge is 2.45. The molecule has 0 N–H and O–H groups in total. The average Bonchev–Trinajstić information content (AvgIpc) is 2.99. The molecule has 0 saturated heterocycles. The second-order valence-corrected chi connectivity index (χ2v) is 6.50. The Hall–Kier alpha value is -1.18. The van der Waals surface area contributed by atoms with Gasteiger partial charge in [0.05, 0.1) is 5.54 Å². The van der Waals surface area contributed by atoms with Crippen LogP contribution in [0.3, 0.4) is 0 Å². The maximum absolute atomic E-state index is 4.79. The minimum Gasteiger partial charge on any atom is -0.187 e. The van der Waals surface area contributed by atoms with Gasteiger partial charge in [-0.05, 0) is 57.4 Å². The van der Waals surface area contributed by atoms with E-state index in [9.17, 15) is 0 Å². The van der Waals surface area contributed by atoms with Crippen LogP contribution in [-0.2, 0) is 5.54 Å². The van der Waals surface area contributed by atoms with E-state index in [2.05, 4.69) is 38.1 Å². The van der Waals surface area contributed by atoms with Crippen molar-refractivity contribution in [2.75, 3.05) is 0 Å². The van der Waals surface area contributed by atoms with Gasteiger partial charge in [0.25, 0.3) is 0 Å². The van der Waals surface area contributed by atoms with Gasteiger partial charge in [-0.3, -0.25) is 0 Å². The predicted octanol–water partition coefficient (Wildman–Crippen LogP) is 4.71. The van der Waals surface area contributed by atoms with E-state index in [0.717, 1.165) is 5.92 Å². The summed E-state index contributed by atoms with van der Waals surface area (Å²) in [6, 6.07) is 10.5. The SMILES string of the molecule is CC(C)(N=NC12CCC(CC1)C2)c1ccccc1. The van der Waals surface area contributed by atoms with Crippen molar-refractivity contribution in [3.63, 3.8) is 0 Å². The van der Waals surface area contributed by atoms with Crippen molar-refractivity contribution < 1.29 is 0 Å². The lowest BCUT2D eigenvalue weighted by Crippen LogP contribution is -2.21. The highest BCUT2D eigenvalue weighted by Crippen LogP contribution is 2.50. The quantitative estimate of drug-likeness (QED) is 0.686. The van der Waals surface area contributed by atoms with Crippen molar-refractivity contribution >= 4 is 0 Å². The molecular weight excluding hydrogens is 220 g/mol. The molecule has 0 radical (unpaired) electrons. The van der Waals surface area contributed by atoms with Gasteiger partial charge in [0.15, 0.2) is 0 Å². The molecule has 3 rings (SSSR count). The first-order valence-corrected chi connectivity index (χ1v) is 7.09. The zero-order valence-corrected chi connectivity index (χ0v) is 11.4. The molecule has 0 atom stereocenters. The van der Waals surface area contributed by atoms with E-state index in [4.69, 9.17) is 10.2 Å². The Kier molecular flexibility index (Phi) is 2.76. The van der Waals surface area contributed by atoms with E-state index in [1.807, 2.05) is 6.07 Å². The fraction of sp³-hybridized carbons (Fsp3) is 0.625. The van der Waals surface area contributed by atoms with Crippen LogP contribution in [0, 0.1) is 5.92 Å². The summed E-state index contributed by atoms with van der Waals surface area (Å²) in [7, 11) is 0. The van der Waals surface area contributed by atoms with Crippen LogP contribution >= 0.6 is 0 Å². The first-order chi connectivity index (χ1) is 8.60. The van der Waals surface area contributed by atoms with E-state index in [0.29, 0.717) is 0 Å². The standard InChI is InChI=1S/C16H22N2/c1-15(2,14-6-4-3-5-7-14)17-18-16-10-8-13(12-16)9-11-16/h3-7,13H,8-12H2,1-2H3. The van der Waals surface area contributed by atoms with Gasteiger partial charge >= 0.3 is 0 Å². The fourth-order valence-electron chi connectivity index (χ4n) is 3.44. The second-order valence-electron chi connectivity index (χ2n) is 6.50. The number of benzene rings is 1. The first-order valence-electron chi connectivity index (χ1n) is 7.09. The maximum atomic E-state index is 4.79. The van der Waals surface area contributed by atoms with Crippen LogP contribution in [0.15, 0.2) is 40.6 Å². The molecule has 18 heavy (non-hydrogen) atoms. The Bertz CT molecular complexity index is 439. The van der Waals surface area contributed by atoms with Gasteiger partial charge < -0.3 is 0 Å². The summed E-state index contributed by atoms with van der Waals surface area (Å²) in [6.45, 7) is 4.31. The smallest absolute Gasteiger partial charge is 0.101 e. The van der Waals surface area contributed by atoms with Crippen LogP contribution in [0.5, 0.6) is 0 Å². The van der Waals surface area contributed by atoms with Gasteiger partial charge in [0.2, 0.25) is 0 Å². The van der Waals surface area contributed by atoms with Crippen molar-refractivity contribution in [2.45, 2.75) is 57.0 Å². The van der Waals surface area contributed by atoms with Crippen molar-refractivity contribution in [2.24, 2.45) is 16.1 Å². The summed E-state index contributed by atoms with van der Waals surface area (Å²) in [5.74, 6) is 0.934. The van der Waals surface area contributed by atoms with Gasteiger partial charge in [-0.25, -0.2) is 0 Å². The fourth-order valence-corrected chi connectivity index (χ4v) is 3.44. The largest absolute Gasteiger partial charge is 0.187 e. The Labute approximate surface area is 110 Å². The highest BCUT2D eigenvalue weighted by atomic mass is 15.2. The molecule has 2 heteroatoms. The van der Waals surface area contributed by atoms with Gasteiger partial charge in [0.1, 0.15) is 5.54 Å². The molecule has 2 nitrogen and oxygen atoms in total. The van der Waals surface area contributed by atoms with Crippen molar-refractivity contribution in [1.82, 2.24) is 0 Å². The maximum Gasteiger partial charge on any atom is 0.101 e. The molecule has 96 valence electrons. The Morgan fingerprint density at radius 3 is 2.33 bits per heavy atom. The average molecular weight is 242 g/mol. The molecular formula is C16H22N2. The summed E-state index contributed by atoms with van der Waals surface area (Å²) in [5, 5.41) is 9.49. The van der Waals surface area contributed by atoms with E-state index in [1.165, 1.54) is 37.7 Å². The Morgan fingerprint density at radius 1 is 1.11 bits per heavy atom. The van der Waals surface area contributed by atoms with Gasteiger partial charge in [-0.1, -0.05) is 30.3 Å². The summed E-state index contributed by atoms with van der Waals surface area (Å²) in [6.07, 6.45) is 6.52. The molecule has 0 spiro atoms. The third kappa shape index (κ3) is 2.09. The number of fused-ring (bicyclic) bond motifs is 2. The number of hydrogen-bond acceptors (Lipinski definition) is 2. The number of rotatable bonds is 3. The molecule has 1 aromatic carbocycles. The van der Waals surface area contributed by atoms with Gasteiger partial charge in [0, 0.05) is 0 Å². The van der Waals surface area contributed by atoms with E-state index in [-0.39, 0.29) is 11.1 Å². The van der Waals surface area contributed by atoms with Crippen LogP contribution in [0.1, 0.15) is 51.5 Å². The lowest BCUT2D eigenvalue weighted by atomic mass is 9.94. The molecule has 2 aliphatic rings. The van der Waals surface area contributed by atoms with Crippen LogP contribution < -0.4 is 0 Å². The first kappa shape index (κ1) is 11.9. The predicted molar refractivity (Wildman–Crippen MR) is 73.6 cm³/mol.